The Morgan fingerprint density at radius 1 is 0.781 bits per heavy atom. The highest BCUT2D eigenvalue weighted by molar-refractivity contribution is 5.49. The monoisotopic (exact) mass is 448 g/mol. The van der Waals surface area contributed by atoms with Crippen LogP contribution in [0, 0.1) is 0 Å². The van der Waals surface area contributed by atoms with E-state index in [-0.39, 0.29) is 6.61 Å². The van der Waals surface area contributed by atoms with Gasteiger partial charge in [-0.25, -0.2) is 0 Å². The van der Waals surface area contributed by atoms with Crippen LogP contribution >= 0.6 is 0 Å². The van der Waals surface area contributed by atoms with Crippen molar-refractivity contribution in [1.82, 2.24) is 14.7 Å². The first kappa shape index (κ1) is 23.7. The minimum Gasteiger partial charge on any atom is -0.491 e. The van der Waals surface area contributed by atoms with Gasteiger partial charge in [0.1, 0.15) is 18.5 Å². The fourth-order valence-corrected chi connectivity index (χ4v) is 4.36. The molecule has 3 heterocycles. The number of benzene rings is 1. The molecule has 8 heteroatoms. The summed E-state index contributed by atoms with van der Waals surface area (Å²) in [6.45, 7) is 12.8. The van der Waals surface area contributed by atoms with Gasteiger partial charge >= 0.3 is 0 Å². The van der Waals surface area contributed by atoms with E-state index < -0.39 is 18.3 Å². The smallest absolute Gasteiger partial charge is 0.119 e. The number of aliphatic hydroxyl groups excluding tert-OH is 3. The summed E-state index contributed by atoms with van der Waals surface area (Å²) in [5.41, 5.74) is 0.951. The van der Waals surface area contributed by atoms with Gasteiger partial charge in [0.25, 0.3) is 0 Å². The second kappa shape index (κ2) is 10.2. The molecule has 0 amide bonds. The highest BCUT2D eigenvalue weighted by Gasteiger charge is 2.33. The minimum atomic E-state index is -0.499. The maximum atomic E-state index is 10.6. The van der Waals surface area contributed by atoms with Crippen LogP contribution in [0.4, 0.5) is 5.69 Å². The van der Waals surface area contributed by atoms with Crippen LogP contribution in [0.15, 0.2) is 24.3 Å². The predicted molar refractivity (Wildman–Crippen MR) is 125 cm³/mol. The van der Waals surface area contributed by atoms with Crippen molar-refractivity contribution in [3.8, 4) is 5.75 Å². The Morgan fingerprint density at radius 3 is 1.59 bits per heavy atom. The molecule has 0 aliphatic carbocycles. The van der Waals surface area contributed by atoms with Crippen molar-refractivity contribution in [2.24, 2.45) is 0 Å². The standard InChI is InChI=1S/C24H40N4O4/c1-17-8-25(17)11-21(29)13-28(14-22(30)12-26-9-18(26)2)20-4-6-24(7-5-20)32-16-23(31)15-27-10-19(27)3/h4-7,17-19,21-23,29-31H,8-16H2,1-3H3. The lowest BCUT2D eigenvalue weighted by atomic mass is 10.2. The van der Waals surface area contributed by atoms with E-state index >= 15 is 0 Å². The number of β-amino-alcohol motifs (C(OH)–C–C–N with tert-alkyl or cyclic N) is 3. The molecule has 3 aliphatic heterocycles. The molecule has 3 fully saturated rings. The van der Waals surface area contributed by atoms with Gasteiger partial charge in [0.05, 0.1) is 12.2 Å². The van der Waals surface area contributed by atoms with Gasteiger partial charge in [-0.3, -0.25) is 14.7 Å². The third-order valence-electron chi connectivity index (χ3n) is 6.81. The molecule has 0 radical (unpaired) electrons. The number of hydrogen-bond acceptors (Lipinski definition) is 8. The topological polar surface area (TPSA) is 82.2 Å². The van der Waals surface area contributed by atoms with Gasteiger partial charge in [-0.2, -0.15) is 0 Å². The molecule has 9 unspecified atom stereocenters. The Kier molecular flexibility index (Phi) is 7.59. The van der Waals surface area contributed by atoms with Crippen LogP contribution in [-0.4, -0.2) is 125 Å². The first-order valence-electron chi connectivity index (χ1n) is 12.0. The molecule has 0 saturated carbocycles. The van der Waals surface area contributed by atoms with Crippen molar-refractivity contribution < 1.29 is 20.1 Å². The summed E-state index contributed by atoms with van der Waals surface area (Å²) in [6, 6.07) is 9.40. The average Bonchev–Trinajstić information content (AvgIpc) is 3.69. The maximum Gasteiger partial charge on any atom is 0.119 e. The average molecular weight is 449 g/mol. The number of nitrogens with zero attached hydrogens (tertiary/aromatic N) is 4. The van der Waals surface area contributed by atoms with E-state index in [9.17, 15) is 15.3 Å². The Morgan fingerprint density at radius 2 is 1.19 bits per heavy atom. The van der Waals surface area contributed by atoms with Crippen LogP contribution in [0.5, 0.6) is 5.75 Å². The van der Waals surface area contributed by atoms with Gasteiger partial charge in [-0.1, -0.05) is 0 Å². The molecule has 1 aromatic carbocycles. The SMILES string of the molecule is CC1CN1CC(O)COc1ccc(N(CC(O)CN2CC2C)CC(O)CN2CC2C)cc1. The van der Waals surface area contributed by atoms with Gasteiger partial charge in [0, 0.05) is 76.2 Å². The second-order valence-corrected chi connectivity index (χ2v) is 10.1. The van der Waals surface area contributed by atoms with Crippen LogP contribution in [-0.2, 0) is 0 Å². The van der Waals surface area contributed by atoms with Crippen molar-refractivity contribution >= 4 is 5.69 Å². The van der Waals surface area contributed by atoms with E-state index in [1.807, 2.05) is 24.3 Å². The maximum absolute atomic E-state index is 10.6. The lowest BCUT2D eigenvalue weighted by Crippen LogP contribution is -2.42. The van der Waals surface area contributed by atoms with Crippen molar-refractivity contribution in [3.05, 3.63) is 24.3 Å². The van der Waals surface area contributed by atoms with E-state index in [4.69, 9.17) is 4.74 Å². The third kappa shape index (κ3) is 7.04. The van der Waals surface area contributed by atoms with E-state index in [0.29, 0.717) is 56.6 Å². The highest BCUT2D eigenvalue weighted by Crippen LogP contribution is 2.23. The molecule has 8 nitrogen and oxygen atoms in total. The van der Waals surface area contributed by atoms with Crippen molar-refractivity contribution in [1.29, 1.82) is 0 Å². The van der Waals surface area contributed by atoms with Gasteiger partial charge in [-0.15, -0.1) is 0 Å². The van der Waals surface area contributed by atoms with Gasteiger partial charge in [-0.05, 0) is 45.0 Å². The quantitative estimate of drug-likeness (QED) is 0.345. The number of hydrogen-bond donors (Lipinski definition) is 3. The lowest BCUT2D eigenvalue weighted by molar-refractivity contribution is 0.0925. The summed E-state index contributed by atoms with van der Waals surface area (Å²) in [6.07, 6.45) is -1.45. The number of anilines is 1. The summed E-state index contributed by atoms with van der Waals surface area (Å²) in [7, 11) is 0. The zero-order chi connectivity index (χ0) is 22.8. The number of aliphatic hydroxyl groups is 3. The molecule has 180 valence electrons. The van der Waals surface area contributed by atoms with Gasteiger partial charge in [0.2, 0.25) is 0 Å². The Labute approximate surface area is 192 Å². The van der Waals surface area contributed by atoms with Crippen LogP contribution < -0.4 is 9.64 Å². The predicted octanol–water partition coefficient (Wildman–Crippen LogP) is 0.0668. The molecule has 3 saturated heterocycles. The fourth-order valence-electron chi connectivity index (χ4n) is 4.36. The summed E-state index contributed by atoms with van der Waals surface area (Å²) >= 11 is 0. The summed E-state index contributed by atoms with van der Waals surface area (Å²) in [5, 5.41) is 31.4. The molecule has 9 atom stereocenters. The van der Waals surface area contributed by atoms with Crippen molar-refractivity contribution in [3.63, 3.8) is 0 Å². The van der Waals surface area contributed by atoms with Crippen LogP contribution in [0.2, 0.25) is 0 Å². The van der Waals surface area contributed by atoms with E-state index in [0.717, 1.165) is 25.3 Å². The zero-order valence-corrected chi connectivity index (χ0v) is 19.7. The summed E-state index contributed by atoms with van der Waals surface area (Å²) < 4.78 is 5.77. The molecule has 3 N–H and O–H groups in total. The third-order valence-corrected chi connectivity index (χ3v) is 6.81. The Hall–Kier alpha value is -1.42. The first-order chi connectivity index (χ1) is 15.3. The normalized spacial score (nSPS) is 33.3. The molecule has 0 bridgehead atoms. The second-order valence-electron chi connectivity index (χ2n) is 10.1. The highest BCUT2D eigenvalue weighted by atomic mass is 16.5. The Bertz CT molecular complexity index is 709. The summed E-state index contributed by atoms with van der Waals surface area (Å²) in [4.78, 5) is 8.78. The lowest BCUT2D eigenvalue weighted by Gasteiger charge is -2.30. The van der Waals surface area contributed by atoms with E-state index in [2.05, 4.69) is 40.4 Å². The summed E-state index contributed by atoms with van der Waals surface area (Å²) in [5.74, 6) is 0.712. The van der Waals surface area contributed by atoms with Gasteiger partial charge < -0.3 is 25.0 Å². The molecular weight excluding hydrogens is 408 g/mol. The molecular formula is C24H40N4O4. The molecule has 4 rings (SSSR count). The fraction of sp³-hybridized carbons (Fsp3) is 0.750. The zero-order valence-electron chi connectivity index (χ0n) is 19.7. The van der Waals surface area contributed by atoms with E-state index in [1.165, 1.54) is 0 Å². The Balaban J connectivity index is 1.30. The van der Waals surface area contributed by atoms with E-state index in [1.54, 1.807) is 0 Å². The molecule has 0 aromatic heterocycles. The molecule has 32 heavy (non-hydrogen) atoms. The van der Waals surface area contributed by atoms with Crippen LogP contribution in [0.1, 0.15) is 20.8 Å². The molecule has 1 aromatic rings. The minimum absolute atomic E-state index is 0.270. The first-order valence-corrected chi connectivity index (χ1v) is 12.0. The van der Waals surface area contributed by atoms with Crippen molar-refractivity contribution in [2.75, 3.05) is 63.9 Å². The number of rotatable bonds is 14. The molecule has 0 spiro atoms. The number of ether oxygens (including phenoxy) is 1. The van der Waals surface area contributed by atoms with Gasteiger partial charge in [0.15, 0.2) is 0 Å². The molecule has 3 aliphatic rings. The van der Waals surface area contributed by atoms with Crippen LogP contribution in [0.25, 0.3) is 0 Å². The largest absolute Gasteiger partial charge is 0.491 e. The van der Waals surface area contributed by atoms with Crippen LogP contribution in [0.3, 0.4) is 0 Å². The van der Waals surface area contributed by atoms with Crippen molar-refractivity contribution in [2.45, 2.75) is 57.2 Å².